The van der Waals surface area contributed by atoms with Gasteiger partial charge in [0.05, 0.1) is 17.7 Å². The van der Waals surface area contributed by atoms with Crippen LogP contribution in [0.2, 0.25) is 0 Å². The quantitative estimate of drug-likeness (QED) is 0.197. The highest BCUT2D eigenvalue weighted by Crippen LogP contribution is 2.49. The lowest BCUT2D eigenvalue weighted by Gasteiger charge is -2.14. The highest BCUT2D eigenvalue weighted by molar-refractivity contribution is 5.87. The lowest BCUT2D eigenvalue weighted by atomic mass is 9.93. The first-order valence-electron chi connectivity index (χ1n) is 13.4. The number of rotatable bonds is 8. The summed E-state index contributed by atoms with van der Waals surface area (Å²) in [5.41, 5.74) is 4.96. The summed E-state index contributed by atoms with van der Waals surface area (Å²) in [7, 11) is 0. The fraction of sp³-hybridized carbons (Fsp3) is 0.182. The molecule has 0 aliphatic heterocycles. The van der Waals surface area contributed by atoms with Gasteiger partial charge in [0.15, 0.2) is 17.4 Å². The fourth-order valence-electron chi connectivity index (χ4n) is 5.00. The summed E-state index contributed by atoms with van der Waals surface area (Å²) in [6.45, 7) is 4.01. The molecule has 206 valence electrons. The number of nitrogens with zero attached hydrogens (tertiary/aromatic N) is 2. The van der Waals surface area contributed by atoms with Crippen molar-refractivity contribution in [2.45, 2.75) is 32.1 Å². The van der Waals surface area contributed by atoms with E-state index in [1.165, 1.54) is 12.1 Å². The molecule has 1 N–H and O–H groups in total. The Morgan fingerprint density at radius 3 is 2.27 bits per heavy atom. The van der Waals surface area contributed by atoms with Crippen molar-refractivity contribution >= 4 is 17.5 Å². The van der Waals surface area contributed by atoms with Crippen LogP contribution in [0, 0.1) is 18.6 Å². The van der Waals surface area contributed by atoms with E-state index < -0.39 is 17.0 Å². The third-order valence-corrected chi connectivity index (χ3v) is 7.43. The van der Waals surface area contributed by atoms with Gasteiger partial charge in [-0.2, -0.15) is 0 Å². The first-order chi connectivity index (χ1) is 19.9. The average Bonchev–Trinajstić information content (AvgIpc) is 3.74. The number of carbonyl (C=O) groups is 1. The maximum absolute atomic E-state index is 14.4. The number of halogens is 2. The zero-order valence-electron chi connectivity index (χ0n) is 22.6. The topological polar surface area (TPSA) is 77.2 Å². The van der Waals surface area contributed by atoms with Crippen molar-refractivity contribution in [3.05, 3.63) is 108 Å². The smallest absolute Gasteiger partial charge is 0.316 e. The van der Waals surface area contributed by atoms with E-state index >= 15 is 0 Å². The van der Waals surface area contributed by atoms with E-state index in [0.717, 1.165) is 41.2 Å². The summed E-state index contributed by atoms with van der Waals surface area (Å²) in [5, 5.41) is 7.36. The number of hydrogen-bond donors (Lipinski definition) is 1. The van der Waals surface area contributed by atoms with Gasteiger partial charge in [0.25, 0.3) is 0 Å². The highest BCUT2D eigenvalue weighted by Gasteiger charge is 2.52. The van der Waals surface area contributed by atoms with Crippen LogP contribution in [0.15, 0.2) is 89.5 Å². The molecular weight excluding hydrogens is 524 g/mol. The van der Waals surface area contributed by atoms with Gasteiger partial charge >= 0.3 is 5.97 Å². The Bertz CT molecular complexity index is 1730. The van der Waals surface area contributed by atoms with Crippen LogP contribution in [0.4, 0.5) is 20.3 Å². The first-order valence-corrected chi connectivity index (χ1v) is 13.4. The van der Waals surface area contributed by atoms with E-state index in [1.807, 2.05) is 62.4 Å². The summed E-state index contributed by atoms with van der Waals surface area (Å²) >= 11 is 0. The van der Waals surface area contributed by atoms with Crippen molar-refractivity contribution in [2.24, 2.45) is 0 Å². The fourth-order valence-corrected chi connectivity index (χ4v) is 5.00. The second kappa shape index (κ2) is 10.6. The van der Waals surface area contributed by atoms with E-state index in [1.54, 1.807) is 18.2 Å². The van der Waals surface area contributed by atoms with E-state index in [0.29, 0.717) is 35.3 Å². The molecule has 0 amide bonds. The molecule has 6 nitrogen and oxygen atoms in total. The Balaban J connectivity index is 1.22. The van der Waals surface area contributed by atoms with E-state index in [-0.39, 0.29) is 11.5 Å². The molecule has 1 fully saturated rings. The lowest BCUT2D eigenvalue weighted by Crippen LogP contribution is -2.23. The van der Waals surface area contributed by atoms with Crippen LogP contribution in [-0.4, -0.2) is 22.7 Å². The predicted molar refractivity (Wildman–Crippen MR) is 153 cm³/mol. The maximum Gasteiger partial charge on any atom is 0.316 e. The number of aryl methyl sites for hydroxylation is 1. The van der Waals surface area contributed by atoms with Crippen LogP contribution in [0.25, 0.3) is 33.7 Å². The summed E-state index contributed by atoms with van der Waals surface area (Å²) in [6, 6.07) is 25.0. The molecule has 41 heavy (non-hydrogen) atoms. The van der Waals surface area contributed by atoms with Crippen LogP contribution >= 0.6 is 0 Å². The molecule has 0 saturated heterocycles. The minimum atomic E-state index is -0.945. The Hall–Kier alpha value is -4.85. The number of pyridine rings is 1. The van der Waals surface area contributed by atoms with Gasteiger partial charge in [0, 0.05) is 11.1 Å². The molecular formula is C33H27F2N3O3. The summed E-state index contributed by atoms with van der Waals surface area (Å²) in [6.07, 6.45) is 1.63. The van der Waals surface area contributed by atoms with Crippen molar-refractivity contribution in [2.75, 3.05) is 11.9 Å². The van der Waals surface area contributed by atoms with Crippen molar-refractivity contribution in [3.8, 4) is 33.7 Å². The third kappa shape index (κ3) is 4.97. The zero-order chi connectivity index (χ0) is 28.6. The zero-order valence-corrected chi connectivity index (χ0v) is 22.6. The standard InChI is InChI=1S/C33H27F2N3O3/c1-3-40-32(39)33(18-19-33)24-16-14-22(15-17-24)21-10-12-23(13-11-21)31-30(20(2)38-41-31)37-28-9-5-8-27(36-28)25-6-4-7-26(34)29(25)35/h4-17H,3,18-19H2,1-2H3,(H,36,37). The van der Waals surface area contributed by atoms with Gasteiger partial charge < -0.3 is 14.6 Å². The van der Waals surface area contributed by atoms with E-state index in [4.69, 9.17) is 9.26 Å². The average molecular weight is 552 g/mol. The van der Waals surface area contributed by atoms with Gasteiger partial charge in [-0.3, -0.25) is 4.79 Å². The molecule has 1 saturated carbocycles. The minimum absolute atomic E-state index is 0.0766. The predicted octanol–water partition coefficient (Wildman–Crippen LogP) is 8.00. The molecule has 1 aliphatic rings. The summed E-state index contributed by atoms with van der Waals surface area (Å²) in [4.78, 5) is 16.9. The molecule has 2 aromatic heterocycles. The minimum Gasteiger partial charge on any atom is -0.465 e. The summed E-state index contributed by atoms with van der Waals surface area (Å²) in [5.74, 6) is -1.06. The van der Waals surface area contributed by atoms with Gasteiger partial charge in [-0.15, -0.1) is 0 Å². The molecule has 0 radical (unpaired) electrons. The maximum atomic E-state index is 14.4. The van der Waals surface area contributed by atoms with Crippen LogP contribution < -0.4 is 5.32 Å². The first kappa shape index (κ1) is 26.4. The van der Waals surface area contributed by atoms with Crippen LogP contribution in [0.1, 0.15) is 31.0 Å². The second-order valence-corrected chi connectivity index (χ2v) is 10.1. The van der Waals surface area contributed by atoms with E-state index in [2.05, 4.69) is 15.5 Å². The molecule has 6 rings (SSSR count). The number of nitrogens with one attached hydrogen (secondary N) is 1. The molecule has 3 aromatic carbocycles. The monoisotopic (exact) mass is 551 g/mol. The van der Waals surface area contributed by atoms with E-state index in [9.17, 15) is 13.6 Å². The molecule has 5 aromatic rings. The second-order valence-electron chi connectivity index (χ2n) is 10.1. The summed E-state index contributed by atoms with van der Waals surface area (Å²) < 4.78 is 39.1. The van der Waals surface area contributed by atoms with Gasteiger partial charge in [0.2, 0.25) is 0 Å². The normalized spacial score (nSPS) is 13.6. The molecule has 2 heterocycles. The molecule has 0 atom stereocenters. The van der Waals surface area contributed by atoms with Crippen molar-refractivity contribution in [1.29, 1.82) is 0 Å². The number of ether oxygens (including phenoxy) is 1. The number of esters is 1. The molecule has 8 heteroatoms. The Morgan fingerprint density at radius 1 is 0.927 bits per heavy atom. The molecule has 1 aliphatic carbocycles. The molecule has 0 bridgehead atoms. The van der Waals surface area contributed by atoms with Crippen LogP contribution in [-0.2, 0) is 14.9 Å². The van der Waals surface area contributed by atoms with Gasteiger partial charge in [-0.25, -0.2) is 13.8 Å². The van der Waals surface area contributed by atoms with Crippen molar-refractivity contribution in [1.82, 2.24) is 10.1 Å². The number of hydrogen-bond acceptors (Lipinski definition) is 6. The Kier molecular flexibility index (Phi) is 6.83. The number of aromatic nitrogens is 2. The SMILES string of the molecule is CCOC(=O)C1(c2ccc(-c3ccc(-c4onc(C)c4Nc4cccc(-c5cccc(F)c5F)n4)cc3)cc2)CC1. The van der Waals surface area contributed by atoms with Crippen molar-refractivity contribution < 1.29 is 22.8 Å². The van der Waals surface area contributed by atoms with Gasteiger partial charge in [0.1, 0.15) is 17.2 Å². The molecule has 0 unspecified atom stereocenters. The van der Waals surface area contributed by atoms with Gasteiger partial charge in [-0.1, -0.05) is 65.8 Å². The Morgan fingerprint density at radius 2 is 1.59 bits per heavy atom. The lowest BCUT2D eigenvalue weighted by molar-refractivity contribution is -0.146. The number of carbonyl (C=O) groups excluding carboxylic acids is 1. The highest BCUT2D eigenvalue weighted by atomic mass is 19.2. The Labute approximate surface area is 236 Å². The third-order valence-electron chi connectivity index (χ3n) is 7.43. The van der Waals surface area contributed by atoms with Crippen LogP contribution in [0.5, 0.6) is 0 Å². The van der Waals surface area contributed by atoms with Crippen molar-refractivity contribution in [3.63, 3.8) is 0 Å². The number of anilines is 2. The van der Waals surface area contributed by atoms with Crippen LogP contribution in [0.3, 0.4) is 0 Å². The van der Waals surface area contributed by atoms with Gasteiger partial charge in [-0.05, 0) is 67.6 Å². The number of benzene rings is 3. The molecule has 0 spiro atoms. The largest absolute Gasteiger partial charge is 0.465 e.